The topological polar surface area (TPSA) is 55.8 Å². The van der Waals surface area contributed by atoms with Gasteiger partial charge in [-0.3, -0.25) is 14.5 Å². The minimum Gasteiger partial charge on any atom is -0.488 e. The molecule has 0 saturated carbocycles. The van der Waals surface area contributed by atoms with Gasteiger partial charge in [0, 0.05) is 23.0 Å². The molecule has 0 unspecified atom stereocenters. The van der Waals surface area contributed by atoms with E-state index in [2.05, 4.69) is 28.1 Å². The summed E-state index contributed by atoms with van der Waals surface area (Å²) in [5.41, 5.74) is 3.06. The summed E-state index contributed by atoms with van der Waals surface area (Å²) in [6, 6.07) is 13.9. The Labute approximate surface area is 212 Å². The molecule has 3 rings (SSSR count). The molecular weight excluding hydrogens is 522 g/mol. The van der Waals surface area contributed by atoms with E-state index in [4.69, 9.17) is 21.7 Å². The molecule has 0 radical (unpaired) electrons. The third kappa shape index (κ3) is 7.42. The van der Waals surface area contributed by atoms with Crippen LogP contribution < -0.4 is 4.74 Å². The van der Waals surface area contributed by atoms with E-state index in [0.29, 0.717) is 41.2 Å². The van der Waals surface area contributed by atoms with E-state index in [9.17, 15) is 9.59 Å². The predicted octanol–water partition coefficient (Wildman–Crippen LogP) is 6.27. The maximum Gasteiger partial charge on any atom is 0.305 e. The van der Waals surface area contributed by atoms with Crippen molar-refractivity contribution in [2.75, 3.05) is 13.2 Å². The number of rotatable bonds is 10. The molecule has 0 atom stereocenters. The molecule has 1 amide bonds. The third-order valence-corrected chi connectivity index (χ3v) is 6.75. The van der Waals surface area contributed by atoms with Gasteiger partial charge in [0.25, 0.3) is 5.91 Å². The number of carbonyl (C=O) groups excluding carboxylic acids is 2. The van der Waals surface area contributed by atoms with E-state index >= 15 is 0 Å². The van der Waals surface area contributed by atoms with Crippen molar-refractivity contribution in [1.29, 1.82) is 0 Å². The van der Waals surface area contributed by atoms with Crippen molar-refractivity contribution in [3.63, 3.8) is 0 Å². The summed E-state index contributed by atoms with van der Waals surface area (Å²) in [7, 11) is 0. The van der Waals surface area contributed by atoms with Crippen LogP contribution in [0.15, 0.2) is 51.8 Å². The van der Waals surface area contributed by atoms with Gasteiger partial charge in [0.2, 0.25) is 0 Å². The minimum absolute atomic E-state index is 0.156. The first kappa shape index (κ1) is 25.5. The predicted molar refractivity (Wildman–Crippen MR) is 140 cm³/mol. The van der Waals surface area contributed by atoms with Crippen LogP contribution in [0.25, 0.3) is 6.08 Å². The zero-order valence-corrected chi connectivity index (χ0v) is 21.9. The SMILES string of the molecule is CCCOC(=O)CCCN1C(=O)/C(=C\c2cc(Br)ccc2OCc2ccc(C)cc2)SC1=S. The van der Waals surface area contributed by atoms with Crippen LogP contribution in [0.1, 0.15) is 42.9 Å². The minimum atomic E-state index is -0.248. The molecule has 1 saturated heterocycles. The van der Waals surface area contributed by atoms with E-state index in [1.165, 1.54) is 17.3 Å². The highest BCUT2D eigenvalue weighted by Gasteiger charge is 2.32. The first-order valence-corrected chi connectivity index (χ1v) is 12.8. The maximum atomic E-state index is 13.0. The monoisotopic (exact) mass is 547 g/mol. The van der Waals surface area contributed by atoms with Gasteiger partial charge >= 0.3 is 5.97 Å². The Morgan fingerprint density at radius 2 is 1.97 bits per heavy atom. The molecule has 1 fully saturated rings. The number of thiocarbonyl (C=S) groups is 1. The van der Waals surface area contributed by atoms with Gasteiger partial charge in [-0.15, -0.1) is 0 Å². The molecule has 1 heterocycles. The molecule has 0 aliphatic carbocycles. The van der Waals surface area contributed by atoms with Crippen LogP contribution in [0.4, 0.5) is 0 Å². The van der Waals surface area contributed by atoms with Crippen molar-refractivity contribution in [2.24, 2.45) is 0 Å². The van der Waals surface area contributed by atoms with E-state index in [0.717, 1.165) is 22.0 Å². The normalized spacial score (nSPS) is 14.8. The van der Waals surface area contributed by atoms with Gasteiger partial charge in [-0.2, -0.15) is 0 Å². The van der Waals surface area contributed by atoms with Crippen molar-refractivity contribution in [1.82, 2.24) is 4.90 Å². The van der Waals surface area contributed by atoms with Gasteiger partial charge in [-0.25, -0.2) is 0 Å². The summed E-state index contributed by atoms with van der Waals surface area (Å²) < 4.78 is 12.5. The fraction of sp³-hybridized carbons (Fsp3) is 0.320. The number of nitrogens with zero attached hydrogens (tertiary/aromatic N) is 1. The first-order chi connectivity index (χ1) is 15.9. The fourth-order valence-electron chi connectivity index (χ4n) is 3.11. The number of thioether (sulfide) groups is 1. The standard InChI is InChI=1S/C25H26BrNO4S2/c1-3-13-30-23(28)5-4-12-27-24(29)22(33-25(27)32)15-19-14-20(26)10-11-21(19)31-16-18-8-6-17(2)7-9-18/h6-11,14-15H,3-5,12-13,16H2,1-2H3/b22-15+. The second kappa shape index (κ2) is 12.3. The molecule has 0 N–H and O–H groups in total. The highest BCUT2D eigenvalue weighted by atomic mass is 79.9. The van der Waals surface area contributed by atoms with Crippen molar-refractivity contribution >= 4 is 62.2 Å². The quantitative estimate of drug-likeness (QED) is 0.198. The van der Waals surface area contributed by atoms with Gasteiger partial charge in [0.1, 0.15) is 16.7 Å². The lowest BCUT2D eigenvalue weighted by Crippen LogP contribution is -2.29. The van der Waals surface area contributed by atoms with Crippen LogP contribution in [0.2, 0.25) is 0 Å². The number of aryl methyl sites for hydroxylation is 1. The molecular formula is C25H26BrNO4S2. The highest BCUT2D eigenvalue weighted by molar-refractivity contribution is 9.10. The first-order valence-electron chi connectivity index (χ1n) is 10.8. The van der Waals surface area contributed by atoms with Crippen LogP contribution in [0, 0.1) is 6.92 Å². The Balaban J connectivity index is 1.67. The molecule has 1 aliphatic rings. The Morgan fingerprint density at radius 1 is 1.21 bits per heavy atom. The van der Waals surface area contributed by atoms with Crippen LogP contribution >= 0.6 is 39.9 Å². The van der Waals surface area contributed by atoms with Crippen molar-refractivity contribution in [3.05, 3.63) is 68.5 Å². The van der Waals surface area contributed by atoms with Gasteiger partial charge in [0.05, 0.1) is 11.5 Å². The van der Waals surface area contributed by atoms with E-state index in [1.54, 1.807) is 4.90 Å². The highest BCUT2D eigenvalue weighted by Crippen LogP contribution is 2.35. The molecule has 33 heavy (non-hydrogen) atoms. The number of esters is 1. The summed E-state index contributed by atoms with van der Waals surface area (Å²) in [5, 5.41) is 0. The Kier molecular flexibility index (Phi) is 9.52. The van der Waals surface area contributed by atoms with Gasteiger partial charge in [0.15, 0.2) is 0 Å². The lowest BCUT2D eigenvalue weighted by Gasteiger charge is -2.14. The molecule has 5 nitrogen and oxygen atoms in total. The molecule has 0 spiro atoms. The number of carbonyl (C=O) groups is 2. The summed E-state index contributed by atoms with van der Waals surface area (Å²) in [6.45, 7) is 5.23. The summed E-state index contributed by atoms with van der Waals surface area (Å²) in [6.07, 6.45) is 3.37. The lowest BCUT2D eigenvalue weighted by molar-refractivity contribution is -0.144. The molecule has 0 bridgehead atoms. The number of ether oxygens (including phenoxy) is 2. The van der Waals surface area contributed by atoms with Gasteiger partial charge in [-0.1, -0.05) is 76.7 Å². The van der Waals surface area contributed by atoms with E-state index in [-0.39, 0.29) is 18.3 Å². The molecule has 174 valence electrons. The molecule has 2 aromatic rings. The lowest BCUT2D eigenvalue weighted by atomic mass is 10.1. The summed E-state index contributed by atoms with van der Waals surface area (Å²) in [5.74, 6) is 0.279. The second-order valence-corrected chi connectivity index (χ2v) is 10.2. The number of halogens is 1. The fourth-order valence-corrected chi connectivity index (χ4v) is 4.79. The Bertz CT molecular complexity index is 1050. The summed E-state index contributed by atoms with van der Waals surface area (Å²) in [4.78, 5) is 26.7. The zero-order chi connectivity index (χ0) is 23.8. The van der Waals surface area contributed by atoms with Crippen molar-refractivity contribution < 1.29 is 19.1 Å². The number of amides is 1. The number of benzene rings is 2. The second-order valence-electron chi connectivity index (χ2n) is 7.61. The van der Waals surface area contributed by atoms with Crippen LogP contribution in [-0.4, -0.2) is 34.2 Å². The van der Waals surface area contributed by atoms with Gasteiger partial charge < -0.3 is 9.47 Å². The Hall–Kier alpha value is -2.16. The number of hydrogen-bond acceptors (Lipinski definition) is 6. The third-order valence-electron chi connectivity index (χ3n) is 4.88. The molecule has 2 aromatic carbocycles. The van der Waals surface area contributed by atoms with Crippen molar-refractivity contribution in [3.8, 4) is 5.75 Å². The van der Waals surface area contributed by atoms with Crippen LogP contribution in [-0.2, 0) is 20.9 Å². The molecule has 1 aliphatic heterocycles. The average Bonchev–Trinajstić information content (AvgIpc) is 3.05. The summed E-state index contributed by atoms with van der Waals surface area (Å²) >= 11 is 10.2. The van der Waals surface area contributed by atoms with Crippen LogP contribution in [0.5, 0.6) is 5.75 Å². The van der Waals surface area contributed by atoms with Gasteiger partial charge in [-0.05, 0) is 49.6 Å². The zero-order valence-electron chi connectivity index (χ0n) is 18.6. The Morgan fingerprint density at radius 3 is 2.70 bits per heavy atom. The van der Waals surface area contributed by atoms with Crippen molar-refractivity contribution in [2.45, 2.75) is 39.7 Å². The molecule has 8 heteroatoms. The smallest absolute Gasteiger partial charge is 0.305 e. The molecule has 0 aromatic heterocycles. The van der Waals surface area contributed by atoms with E-state index in [1.807, 2.05) is 50.3 Å². The maximum absolute atomic E-state index is 13.0. The largest absolute Gasteiger partial charge is 0.488 e. The van der Waals surface area contributed by atoms with Crippen LogP contribution in [0.3, 0.4) is 0 Å². The number of hydrogen-bond donors (Lipinski definition) is 0. The van der Waals surface area contributed by atoms with E-state index < -0.39 is 0 Å². The average molecular weight is 549 g/mol.